The van der Waals surface area contributed by atoms with Crippen molar-refractivity contribution >= 4 is 5.91 Å². The zero-order valence-electron chi connectivity index (χ0n) is 15.2. The summed E-state index contributed by atoms with van der Waals surface area (Å²) in [5.74, 6) is -1.10. The molecule has 0 saturated carbocycles. The van der Waals surface area contributed by atoms with Gasteiger partial charge in [0, 0.05) is 57.1 Å². The molecular weight excluding hydrogens is 340 g/mol. The quantitative estimate of drug-likeness (QED) is 0.885. The van der Waals surface area contributed by atoms with Crippen molar-refractivity contribution in [2.24, 2.45) is 5.73 Å². The summed E-state index contributed by atoms with van der Waals surface area (Å²) in [4.78, 5) is 16.8. The Kier molecular flexibility index (Phi) is 5.89. The molecule has 2 heterocycles. The number of halogens is 2. The zero-order valence-corrected chi connectivity index (χ0v) is 15.2. The van der Waals surface area contributed by atoms with Crippen LogP contribution in [0.2, 0.25) is 0 Å². The van der Waals surface area contributed by atoms with E-state index in [1.807, 2.05) is 11.8 Å². The predicted molar refractivity (Wildman–Crippen MR) is 94.5 cm³/mol. The van der Waals surface area contributed by atoms with E-state index in [9.17, 15) is 13.6 Å². The minimum absolute atomic E-state index is 0.0125. The molecule has 7 heteroatoms. The van der Waals surface area contributed by atoms with Crippen molar-refractivity contribution in [1.29, 1.82) is 0 Å². The first-order valence-electron chi connectivity index (χ1n) is 9.29. The summed E-state index contributed by atoms with van der Waals surface area (Å²) in [5.41, 5.74) is 5.99. The number of carbonyl (C=O) groups is 1. The Morgan fingerprint density at radius 3 is 2.46 bits per heavy atom. The first kappa shape index (κ1) is 19.2. The smallest absolute Gasteiger partial charge is 0.242 e. The van der Waals surface area contributed by atoms with Crippen LogP contribution in [0.5, 0.6) is 0 Å². The normalized spacial score (nSPS) is 22.2. The lowest BCUT2D eigenvalue weighted by atomic mass is 9.89. The molecule has 0 aromatic heterocycles. The van der Waals surface area contributed by atoms with Crippen molar-refractivity contribution in [3.63, 3.8) is 0 Å². The van der Waals surface area contributed by atoms with E-state index in [1.54, 1.807) is 0 Å². The number of ether oxygens (including phenoxy) is 1. The van der Waals surface area contributed by atoms with E-state index in [-0.39, 0.29) is 11.9 Å². The predicted octanol–water partition coefficient (Wildman–Crippen LogP) is 2.07. The second-order valence-electron chi connectivity index (χ2n) is 7.19. The number of carbonyl (C=O) groups excluding carboxylic acids is 1. The van der Waals surface area contributed by atoms with Gasteiger partial charge in [0.25, 0.3) is 0 Å². The number of nitrogens with two attached hydrogens (primary N) is 1. The first-order chi connectivity index (χ1) is 12.4. The largest absolute Gasteiger partial charge is 0.381 e. The second-order valence-corrected chi connectivity index (χ2v) is 7.19. The summed E-state index contributed by atoms with van der Waals surface area (Å²) in [6.45, 7) is 5.45. The van der Waals surface area contributed by atoms with Gasteiger partial charge in [-0.25, -0.2) is 8.78 Å². The molecule has 2 aliphatic rings. The van der Waals surface area contributed by atoms with Crippen molar-refractivity contribution < 1.29 is 18.3 Å². The van der Waals surface area contributed by atoms with Gasteiger partial charge in [-0.1, -0.05) is 13.0 Å². The van der Waals surface area contributed by atoms with E-state index < -0.39 is 17.2 Å². The minimum Gasteiger partial charge on any atom is -0.381 e. The first-order valence-corrected chi connectivity index (χ1v) is 9.29. The Bertz CT molecular complexity index is 642. The van der Waals surface area contributed by atoms with Gasteiger partial charge >= 0.3 is 0 Å². The molecule has 1 amide bonds. The number of hydrogen-bond donors (Lipinski definition) is 1. The maximum Gasteiger partial charge on any atom is 0.242 e. The number of nitrogens with zero attached hydrogens (tertiary/aromatic N) is 2. The zero-order chi connectivity index (χ0) is 18.7. The molecule has 0 spiro atoms. The van der Waals surface area contributed by atoms with Crippen LogP contribution in [0.4, 0.5) is 8.78 Å². The van der Waals surface area contributed by atoms with Crippen LogP contribution >= 0.6 is 0 Å². The molecule has 1 aromatic rings. The van der Waals surface area contributed by atoms with Crippen LogP contribution in [0.15, 0.2) is 18.2 Å². The summed E-state index contributed by atoms with van der Waals surface area (Å²) in [6, 6.07) is 3.63. The lowest BCUT2D eigenvalue weighted by Crippen LogP contribution is -2.61. The van der Waals surface area contributed by atoms with Crippen LogP contribution in [0.3, 0.4) is 0 Å². The van der Waals surface area contributed by atoms with Crippen LogP contribution in [0, 0.1) is 11.6 Å². The lowest BCUT2D eigenvalue weighted by molar-refractivity contribution is -0.142. The highest BCUT2D eigenvalue weighted by atomic mass is 19.1. The molecule has 1 unspecified atom stereocenters. The minimum atomic E-state index is -0.826. The molecule has 2 N–H and O–H groups in total. The maximum atomic E-state index is 14.2. The van der Waals surface area contributed by atoms with Gasteiger partial charge in [0.15, 0.2) is 0 Å². The summed E-state index contributed by atoms with van der Waals surface area (Å²) in [7, 11) is 0. The molecule has 3 rings (SSSR count). The van der Waals surface area contributed by atoms with Gasteiger partial charge in [-0.2, -0.15) is 0 Å². The summed E-state index contributed by atoms with van der Waals surface area (Å²) in [6.07, 6.45) is 1.81. The van der Waals surface area contributed by atoms with Gasteiger partial charge in [0.1, 0.15) is 11.6 Å². The maximum absolute atomic E-state index is 14.2. The highest BCUT2D eigenvalue weighted by molar-refractivity contribution is 5.86. The average Bonchev–Trinajstić information content (AvgIpc) is 2.64. The Balaban J connectivity index is 1.64. The Morgan fingerprint density at radius 2 is 1.88 bits per heavy atom. The third-order valence-corrected chi connectivity index (χ3v) is 5.56. The van der Waals surface area contributed by atoms with Gasteiger partial charge in [-0.15, -0.1) is 0 Å². The number of amides is 1. The highest BCUT2D eigenvalue weighted by Crippen LogP contribution is 2.29. The summed E-state index contributed by atoms with van der Waals surface area (Å²) in [5, 5.41) is 0. The number of benzene rings is 1. The van der Waals surface area contributed by atoms with E-state index in [0.29, 0.717) is 64.2 Å². The molecule has 0 radical (unpaired) electrons. The van der Waals surface area contributed by atoms with Crippen LogP contribution in [0.25, 0.3) is 0 Å². The summed E-state index contributed by atoms with van der Waals surface area (Å²) >= 11 is 0. The number of rotatable bonds is 4. The van der Waals surface area contributed by atoms with Crippen LogP contribution in [-0.4, -0.2) is 60.6 Å². The standard InChI is InChI=1S/C19H27F2N3O2/c1-2-17(15-4-3-14(20)13-16(15)21)23-7-9-24(10-8-23)18(25)19(22)5-11-26-12-6-19/h3-4,13,17H,2,5-12,22H2,1H3. The highest BCUT2D eigenvalue weighted by Gasteiger charge is 2.40. The molecule has 2 saturated heterocycles. The molecule has 1 atom stereocenters. The average molecular weight is 367 g/mol. The molecule has 144 valence electrons. The number of hydrogen-bond acceptors (Lipinski definition) is 4. The van der Waals surface area contributed by atoms with E-state index in [2.05, 4.69) is 4.90 Å². The number of piperazine rings is 1. The third kappa shape index (κ3) is 3.89. The lowest BCUT2D eigenvalue weighted by Gasteiger charge is -2.43. The Morgan fingerprint density at radius 1 is 1.23 bits per heavy atom. The molecule has 26 heavy (non-hydrogen) atoms. The van der Waals surface area contributed by atoms with Crippen molar-refractivity contribution in [3.05, 3.63) is 35.4 Å². The Hall–Kier alpha value is -1.57. The van der Waals surface area contributed by atoms with Gasteiger partial charge in [0.2, 0.25) is 5.91 Å². The fourth-order valence-electron chi connectivity index (χ4n) is 3.95. The molecule has 0 bridgehead atoms. The molecule has 2 aliphatic heterocycles. The van der Waals surface area contributed by atoms with Crippen LogP contribution in [0.1, 0.15) is 37.8 Å². The topological polar surface area (TPSA) is 58.8 Å². The monoisotopic (exact) mass is 367 g/mol. The second kappa shape index (κ2) is 7.98. The van der Waals surface area contributed by atoms with Gasteiger partial charge in [0.05, 0.1) is 5.54 Å². The molecule has 0 aliphatic carbocycles. The van der Waals surface area contributed by atoms with Crippen molar-refractivity contribution in [2.45, 2.75) is 37.8 Å². The third-order valence-electron chi connectivity index (χ3n) is 5.56. The SMILES string of the molecule is CCC(c1ccc(F)cc1F)N1CCN(C(=O)C2(N)CCOCC2)CC1. The van der Waals surface area contributed by atoms with E-state index in [4.69, 9.17) is 10.5 Å². The van der Waals surface area contributed by atoms with E-state index in [0.717, 1.165) is 6.07 Å². The van der Waals surface area contributed by atoms with Crippen molar-refractivity contribution in [1.82, 2.24) is 9.80 Å². The Labute approximate surface area is 153 Å². The van der Waals surface area contributed by atoms with Gasteiger partial charge < -0.3 is 15.4 Å². The van der Waals surface area contributed by atoms with Crippen molar-refractivity contribution in [2.75, 3.05) is 39.4 Å². The fraction of sp³-hybridized carbons (Fsp3) is 0.632. The fourth-order valence-corrected chi connectivity index (χ4v) is 3.95. The molecule has 5 nitrogen and oxygen atoms in total. The molecular formula is C19H27F2N3O2. The van der Waals surface area contributed by atoms with E-state index in [1.165, 1.54) is 12.1 Å². The van der Waals surface area contributed by atoms with Gasteiger partial charge in [-0.3, -0.25) is 9.69 Å². The van der Waals surface area contributed by atoms with Gasteiger partial charge in [-0.05, 0) is 25.3 Å². The van der Waals surface area contributed by atoms with Crippen LogP contribution < -0.4 is 5.73 Å². The van der Waals surface area contributed by atoms with Crippen LogP contribution in [-0.2, 0) is 9.53 Å². The molecule has 2 fully saturated rings. The molecule has 1 aromatic carbocycles. The van der Waals surface area contributed by atoms with E-state index >= 15 is 0 Å². The van der Waals surface area contributed by atoms with Crippen molar-refractivity contribution in [3.8, 4) is 0 Å². The summed E-state index contributed by atoms with van der Waals surface area (Å²) < 4.78 is 32.7.